The lowest BCUT2D eigenvalue weighted by molar-refractivity contribution is 0.328. The summed E-state index contributed by atoms with van der Waals surface area (Å²) in [6.07, 6.45) is 0. The van der Waals surface area contributed by atoms with Gasteiger partial charge in [-0.25, -0.2) is 0 Å². The maximum absolute atomic E-state index is 5.80. The largest absolute Gasteiger partial charge is 0.417 e. The molecule has 0 saturated carbocycles. The van der Waals surface area contributed by atoms with Crippen LogP contribution in [-0.4, -0.2) is 14.9 Å². The first-order valence-corrected chi connectivity index (χ1v) is 8.34. The van der Waals surface area contributed by atoms with Gasteiger partial charge in [0.05, 0.1) is 0 Å². The third kappa shape index (κ3) is 3.64. The first kappa shape index (κ1) is 11.5. The van der Waals surface area contributed by atoms with Crippen molar-refractivity contribution in [2.24, 2.45) is 0 Å². The van der Waals surface area contributed by atoms with Crippen molar-refractivity contribution in [3.8, 4) is 0 Å². The van der Waals surface area contributed by atoms with Gasteiger partial charge in [0.2, 0.25) is 0 Å². The van der Waals surface area contributed by atoms with Crippen LogP contribution in [0.3, 0.4) is 0 Å². The second kappa shape index (κ2) is 4.76. The lowest BCUT2D eigenvalue weighted by Crippen LogP contribution is -2.33. The Balaban J connectivity index is 2.64. The van der Waals surface area contributed by atoms with E-state index in [1.165, 1.54) is 11.1 Å². The van der Waals surface area contributed by atoms with E-state index in [2.05, 4.69) is 51.2 Å². The minimum atomic E-state index is -1.46. The van der Waals surface area contributed by atoms with Crippen LogP contribution in [0.25, 0.3) is 0 Å². The molecule has 0 fully saturated rings. The monoisotopic (exact) mass is 208 g/mol. The van der Waals surface area contributed by atoms with Crippen LogP contribution >= 0.6 is 0 Å². The molecule has 0 heterocycles. The second-order valence-electron chi connectivity index (χ2n) is 4.36. The van der Waals surface area contributed by atoms with Crippen LogP contribution in [0, 0.1) is 6.92 Å². The van der Waals surface area contributed by atoms with Gasteiger partial charge < -0.3 is 4.43 Å². The van der Waals surface area contributed by atoms with Crippen molar-refractivity contribution >= 4 is 8.32 Å². The van der Waals surface area contributed by atoms with E-state index in [0.717, 1.165) is 12.7 Å². The van der Waals surface area contributed by atoms with Crippen molar-refractivity contribution in [2.45, 2.75) is 33.0 Å². The van der Waals surface area contributed by atoms with Crippen LogP contribution in [0.4, 0.5) is 0 Å². The molecule has 1 rings (SSSR count). The van der Waals surface area contributed by atoms with Crippen molar-refractivity contribution in [3.05, 3.63) is 35.4 Å². The third-order valence-electron chi connectivity index (χ3n) is 2.29. The summed E-state index contributed by atoms with van der Waals surface area (Å²) in [6.45, 7) is 9.58. The first-order chi connectivity index (χ1) is 6.53. The standard InChI is InChI=1S/C12H20OSi/c1-5-13-14(3,4)10-12-8-6-11(2)7-9-12/h6-9H,5,10H2,1-4H3. The van der Waals surface area contributed by atoms with Gasteiger partial charge in [-0.2, -0.15) is 0 Å². The molecule has 14 heavy (non-hydrogen) atoms. The molecule has 0 amide bonds. The summed E-state index contributed by atoms with van der Waals surface area (Å²) in [6, 6.07) is 9.88. The molecule has 0 radical (unpaired) electrons. The number of hydrogen-bond donors (Lipinski definition) is 0. The van der Waals surface area contributed by atoms with Gasteiger partial charge in [0, 0.05) is 6.61 Å². The molecular formula is C12H20OSi. The SMILES string of the molecule is CCO[Si](C)(C)Cc1ccc(C)cc1. The average molecular weight is 208 g/mol. The first-order valence-electron chi connectivity index (χ1n) is 5.23. The molecule has 0 N–H and O–H groups in total. The number of benzene rings is 1. The maximum Gasteiger partial charge on any atom is 0.190 e. The van der Waals surface area contributed by atoms with Gasteiger partial charge in [-0.3, -0.25) is 0 Å². The lowest BCUT2D eigenvalue weighted by Gasteiger charge is -2.21. The highest BCUT2D eigenvalue weighted by Crippen LogP contribution is 2.13. The Morgan fingerprint density at radius 1 is 1.14 bits per heavy atom. The van der Waals surface area contributed by atoms with E-state index in [9.17, 15) is 0 Å². The zero-order chi connectivity index (χ0) is 10.6. The van der Waals surface area contributed by atoms with Gasteiger partial charge >= 0.3 is 0 Å². The Labute approximate surface area is 88.2 Å². The molecule has 1 aromatic carbocycles. The van der Waals surface area contributed by atoms with E-state index in [1.54, 1.807) is 0 Å². The minimum absolute atomic E-state index is 0.838. The van der Waals surface area contributed by atoms with Crippen molar-refractivity contribution < 1.29 is 4.43 Å². The molecule has 2 heteroatoms. The summed E-state index contributed by atoms with van der Waals surface area (Å²) >= 11 is 0. The van der Waals surface area contributed by atoms with Gasteiger partial charge in [0.25, 0.3) is 0 Å². The molecular weight excluding hydrogens is 188 g/mol. The predicted octanol–water partition coefficient (Wildman–Crippen LogP) is 3.32. The van der Waals surface area contributed by atoms with Gasteiger partial charge in [-0.1, -0.05) is 29.8 Å². The van der Waals surface area contributed by atoms with Crippen molar-refractivity contribution in [1.29, 1.82) is 0 Å². The van der Waals surface area contributed by atoms with Gasteiger partial charge in [0.15, 0.2) is 8.32 Å². The molecule has 0 aliphatic rings. The van der Waals surface area contributed by atoms with E-state index < -0.39 is 8.32 Å². The smallest absolute Gasteiger partial charge is 0.190 e. The summed E-state index contributed by atoms with van der Waals surface area (Å²) in [5.74, 6) is 0. The molecule has 0 atom stereocenters. The summed E-state index contributed by atoms with van der Waals surface area (Å²) < 4.78 is 5.80. The summed E-state index contributed by atoms with van der Waals surface area (Å²) in [7, 11) is -1.46. The number of rotatable bonds is 4. The highest BCUT2D eigenvalue weighted by atomic mass is 28.4. The minimum Gasteiger partial charge on any atom is -0.417 e. The van der Waals surface area contributed by atoms with Crippen molar-refractivity contribution in [1.82, 2.24) is 0 Å². The summed E-state index contributed by atoms with van der Waals surface area (Å²) in [5, 5.41) is 0. The van der Waals surface area contributed by atoms with Crippen LogP contribution in [0.2, 0.25) is 13.1 Å². The topological polar surface area (TPSA) is 9.23 Å². The van der Waals surface area contributed by atoms with Crippen LogP contribution < -0.4 is 0 Å². The van der Waals surface area contributed by atoms with Crippen LogP contribution in [0.15, 0.2) is 24.3 Å². The Morgan fingerprint density at radius 2 is 1.71 bits per heavy atom. The highest BCUT2D eigenvalue weighted by Gasteiger charge is 2.21. The summed E-state index contributed by atoms with van der Waals surface area (Å²) in [5.41, 5.74) is 2.73. The van der Waals surface area contributed by atoms with Crippen LogP contribution in [-0.2, 0) is 10.5 Å². The average Bonchev–Trinajstić information content (AvgIpc) is 2.08. The fraction of sp³-hybridized carbons (Fsp3) is 0.500. The quantitative estimate of drug-likeness (QED) is 0.690. The molecule has 0 bridgehead atoms. The number of aryl methyl sites for hydroxylation is 1. The fourth-order valence-corrected chi connectivity index (χ4v) is 3.74. The van der Waals surface area contributed by atoms with E-state index in [0.29, 0.717) is 0 Å². The second-order valence-corrected chi connectivity index (χ2v) is 8.52. The molecule has 0 aliphatic heterocycles. The van der Waals surface area contributed by atoms with E-state index in [4.69, 9.17) is 4.43 Å². The van der Waals surface area contributed by atoms with Crippen LogP contribution in [0.1, 0.15) is 18.1 Å². The third-order valence-corrected chi connectivity index (χ3v) is 4.62. The van der Waals surface area contributed by atoms with E-state index >= 15 is 0 Å². The normalized spacial score (nSPS) is 11.7. The van der Waals surface area contributed by atoms with Crippen LogP contribution in [0.5, 0.6) is 0 Å². The summed E-state index contributed by atoms with van der Waals surface area (Å²) in [4.78, 5) is 0. The predicted molar refractivity (Wildman–Crippen MR) is 64.0 cm³/mol. The fourth-order valence-electron chi connectivity index (χ4n) is 1.64. The Bertz CT molecular complexity index is 277. The Morgan fingerprint density at radius 3 is 2.21 bits per heavy atom. The molecule has 0 unspecified atom stereocenters. The molecule has 78 valence electrons. The molecule has 1 nitrogen and oxygen atoms in total. The molecule has 0 spiro atoms. The highest BCUT2D eigenvalue weighted by molar-refractivity contribution is 6.70. The van der Waals surface area contributed by atoms with Gasteiger partial charge in [-0.15, -0.1) is 0 Å². The zero-order valence-electron chi connectivity index (χ0n) is 9.63. The lowest BCUT2D eigenvalue weighted by atomic mass is 10.2. The molecule has 1 aromatic rings. The zero-order valence-corrected chi connectivity index (χ0v) is 10.6. The van der Waals surface area contributed by atoms with Gasteiger partial charge in [-0.05, 0) is 38.5 Å². The molecule has 0 aliphatic carbocycles. The maximum atomic E-state index is 5.80. The van der Waals surface area contributed by atoms with E-state index in [1.807, 2.05) is 0 Å². The van der Waals surface area contributed by atoms with Crippen molar-refractivity contribution in [2.75, 3.05) is 6.61 Å². The number of hydrogen-bond acceptors (Lipinski definition) is 1. The Hall–Kier alpha value is -0.603. The van der Waals surface area contributed by atoms with E-state index in [-0.39, 0.29) is 0 Å². The molecule has 0 saturated heterocycles. The Kier molecular flexibility index (Phi) is 3.90. The van der Waals surface area contributed by atoms with Crippen molar-refractivity contribution in [3.63, 3.8) is 0 Å². The molecule has 0 aromatic heterocycles. The van der Waals surface area contributed by atoms with Gasteiger partial charge in [0.1, 0.15) is 0 Å².